The molecule has 0 bridgehead atoms. The van der Waals surface area contributed by atoms with Crippen molar-refractivity contribution in [3.63, 3.8) is 0 Å². The van der Waals surface area contributed by atoms with Crippen molar-refractivity contribution in [3.8, 4) is 0 Å². The average Bonchev–Trinajstić information content (AvgIpc) is 2.11. The summed E-state index contributed by atoms with van der Waals surface area (Å²) in [5.41, 5.74) is -1.20. The predicted molar refractivity (Wildman–Crippen MR) is 56.3 cm³/mol. The van der Waals surface area contributed by atoms with Crippen LogP contribution in [0.1, 0.15) is 47.5 Å². The van der Waals surface area contributed by atoms with E-state index >= 15 is 0 Å². The fraction of sp³-hybridized carbons (Fsp3) is 0.818. The van der Waals surface area contributed by atoms with Gasteiger partial charge < -0.3 is 9.47 Å². The first-order valence-electron chi connectivity index (χ1n) is 5.24. The second-order valence-corrected chi connectivity index (χ2v) is 3.95. The van der Waals surface area contributed by atoms with Crippen molar-refractivity contribution in [1.29, 1.82) is 0 Å². The lowest BCUT2D eigenvalue weighted by Gasteiger charge is -2.25. The van der Waals surface area contributed by atoms with Gasteiger partial charge in [0.05, 0.1) is 0 Å². The molecule has 0 amide bonds. The van der Waals surface area contributed by atoms with Crippen molar-refractivity contribution in [2.45, 2.75) is 59.2 Å². The normalized spacial score (nSPS) is 11.3. The second-order valence-electron chi connectivity index (χ2n) is 3.95. The van der Waals surface area contributed by atoms with E-state index in [1.54, 1.807) is 0 Å². The first kappa shape index (κ1) is 13.9. The lowest BCUT2D eigenvalue weighted by Crippen LogP contribution is -2.40. The number of rotatable bonds is 5. The summed E-state index contributed by atoms with van der Waals surface area (Å²) in [6.07, 6.45) is 1.42. The molecule has 0 saturated carbocycles. The number of hydrogen-bond acceptors (Lipinski definition) is 4. The summed E-state index contributed by atoms with van der Waals surface area (Å²) in [7, 11) is 0. The van der Waals surface area contributed by atoms with E-state index < -0.39 is 17.5 Å². The molecule has 0 N–H and O–H groups in total. The van der Waals surface area contributed by atoms with Crippen molar-refractivity contribution >= 4 is 11.9 Å². The van der Waals surface area contributed by atoms with Gasteiger partial charge in [0.1, 0.15) is 6.10 Å². The summed E-state index contributed by atoms with van der Waals surface area (Å²) in [6, 6.07) is 0. The molecule has 0 saturated heterocycles. The predicted octanol–water partition coefficient (Wildman–Crippen LogP) is 2.06. The minimum absolute atomic E-state index is 0.104. The molecule has 0 aliphatic heterocycles. The summed E-state index contributed by atoms with van der Waals surface area (Å²) in [5.74, 6) is -0.979. The Balaban J connectivity index is 4.35. The van der Waals surface area contributed by atoms with E-state index in [1.807, 2.05) is 13.8 Å². The standard InChI is InChI=1S/C11H20O4/c1-6-9(7-2)14-10(13)11(4,5)15-8(3)12/h9H,6-7H2,1-5H3. The van der Waals surface area contributed by atoms with Crippen LogP contribution in [0, 0.1) is 0 Å². The Kier molecular flexibility index (Phi) is 5.33. The molecule has 15 heavy (non-hydrogen) atoms. The number of carbonyl (C=O) groups excluding carboxylic acids is 2. The Morgan fingerprint density at radius 2 is 1.67 bits per heavy atom. The topological polar surface area (TPSA) is 52.6 Å². The molecule has 0 heterocycles. The second kappa shape index (κ2) is 5.73. The SMILES string of the molecule is CCC(CC)OC(=O)C(C)(C)OC(C)=O. The smallest absolute Gasteiger partial charge is 0.350 e. The Bertz CT molecular complexity index is 229. The first-order valence-corrected chi connectivity index (χ1v) is 5.24. The third-order valence-corrected chi connectivity index (χ3v) is 2.07. The van der Waals surface area contributed by atoms with Crippen LogP contribution in [-0.4, -0.2) is 23.6 Å². The van der Waals surface area contributed by atoms with Crippen LogP contribution in [0.25, 0.3) is 0 Å². The quantitative estimate of drug-likeness (QED) is 0.660. The van der Waals surface area contributed by atoms with Crippen molar-refractivity contribution in [2.24, 2.45) is 0 Å². The van der Waals surface area contributed by atoms with Gasteiger partial charge in [-0.25, -0.2) is 4.79 Å². The van der Waals surface area contributed by atoms with Gasteiger partial charge in [0.25, 0.3) is 0 Å². The van der Waals surface area contributed by atoms with Gasteiger partial charge in [-0.05, 0) is 26.7 Å². The number of hydrogen-bond donors (Lipinski definition) is 0. The zero-order chi connectivity index (χ0) is 12.1. The molecule has 0 aliphatic carbocycles. The van der Waals surface area contributed by atoms with Gasteiger partial charge in [-0.3, -0.25) is 4.79 Å². The molecule has 0 aromatic carbocycles. The molecule has 0 radical (unpaired) electrons. The maximum absolute atomic E-state index is 11.6. The van der Waals surface area contributed by atoms with E-state index in [0.717, 1.165) is 12.8 Å². The lowest BCUT2D eigenvalue weighted by molar-refractivity contribution is -0.181. The number of esters is 2. The van der Waals surface area contributed by atoms with Crippen molar-refractivity contribution in [3.05, 3.63) is 0 Å². The van der Waals surface area contributed by atoms with Crippen LogP contribution in [0.2, 0.25) is 0 Å². The van der Waals surface area contributed by atoms with Crippen molar-refractivity contribution < 1.29 is 19.1 Å². The third kappa shape index (κ3) is 4.81. The fourth-order valence-electron chi connectivity index (χ4n) is 1.15. The molecule has 4 nitrogen and oxygen atoms in total. The van der Waals surface area contributed by atoms with Crippen LogP contribution in [0.15, 0.2) is 0 Å². The summed E-state index contributed by atoms with van der Waals surface area (Å²) >= 11 is 0. The highest BCUT2D eigenvalue weighted by Crippen LogP contribution is 2.15. The molecule has 0 unspecified atom stereocenters. The Morgan fingerprint density at radius 1 is 1.20 bits per heavy atom. The summed E-state index contributed by atoms with van der Waals surface area (Å²) in [6.45, 7) is 8.21. The van der Waals surface area contributed by atoms with Gasteiger partial charge in [-0.2, -0.15) is 0 Å². The maximum atomic E-state index is 11.6. The third-order valence-electron chi connectivity index (χ3n) is 2.07. The monoisotopic (exact) mass is 216 g/mol. The van der Waals surface area contributed by atoms with Crippen LogP contribution in [-0.2, 0) is 19.1 Å². The van der Waals surface area contributed by atoms with Gasteiger partial charge in [-0.1, -0.05) is 13.8 Å². The molecule has 88 valence electrons. The van der Waals surface area contributed by atoms with E-state index in [4.69, 9.17) is 9.47 Å². The highest BCUT2D eigenvalue weighted by atomic mass is 16.6. The van der Waals surface area contributed by atoms with E-state index in [-0.39, 0.29) is 6.10 Å². The van der Waals surface area contributed by atoms with Gasteiger partial charge in [0.2, 0.25) is 5.60 Å². The summed E-state index contributed by atoms with van der Waals surface area (Å²) in [4.78, 5) is 22.4. The molecule has 0 atom stereocenters. The fourth-order valence-corrected chi connectivity index (χ4v) is 1.15. The summed E-state index contributed by atoms with van der Waals surface area (Å²) in [5, 5.41) is 0. The van der Waals surface area contributed by atoms with Gasteiger partial charge in [0, 0.05) is 6.92 Å². The van der Waals surface area contributed by atoms with Gasteiger partial charge in [0.15, 0.2) is 0 Å². The maximum Gasteiger partial charge on any atom is 0.350 e. The van der Waals surface area contributed by atoms with Crippen molar-refractivity contribution in [2.75, 3.05) is 0 Å². The summed E-state index contributed by atoms with van der Waals surface area (Å²) < 4.78 is 10.1. The van der Waals surface area contributed by atoms with E-state index in [0.29, 0.717) is 0 Å². The molecule has 0 aromatic rings. The highest BCUT2D eigenvalue weighted by Gasteiger charge is 2.34. The Labute approximate surface area is 90.9 Å². The van der Waals surface area contributed by atoms with Crippen LogP contribution in [0.4, 0.5) is 0 Å². The van der Waals surface area contributed by atoms with Crippen LogP contribution >= 0.6 is 0 Å². The highest BCUT2D eigenvalue weighted by molar-refractivity contribution is 5.82. The Morgan fingerprint density at radius 3 is 2.00 bits per heavy atom. The van der Waals surface area contributed by atoms with Crippen LogP contribution in [0.3, 0.4) is 0 Å². The minimum atomic E-state index is -1.20. The van der Waals surface area contributed by atoms with Gasteiger partial charge in [-0.15, -0.1) is 0 Å². The molecule has 0 aromatic heterocycles. The van der Waals surface area contributed by atoms with Gasteiger partial charge >= 0.3 is 11.9 Å². The van der Waals surface area contributed by atoms with E-state index in [2.05, 4.69) is 0 Å². The number of carbonyl (C=O) groups is 2. The molecule has 0 rings (SSSR count). The molecular weight excluding hydrogens is 196 g/mol. The number of ether oxygens (including phenoxy) is 2. The molecule has 0 aliphatic rings. The van der Waals surface area contributed by atoms with E-state index in [9.17, 15) is 9.59 Å². The zero-order valence-electron chi connectivity index (χ0n) is 10.1. The van der Waals surface area contributed by atoms with E-state index in [1.165, 1.54) is 20.8 Å². The zero-order valence-corrected chi connectivity index (χ0v) is 10.1. The molecule has 0 spiro atoms. The first-order chi connectivity index (χ1) is 6.83. The van der Waals surface area contributed by atoms with Crippen LogP contribution in [0.5, 0.6) is 0 Å². The average molecular weight is 216 g/mol. The van der Waals surface area contributed by atoms with Crippen molar-refractivity contribution in [1.82, 2.24) is 0 Å². The molecule has 4 heteroatoms. The largest absolute Gasteiger partial charge is 0.459 e. The minimum Gasteiger partial charge on any atom is -0.459 e. The van der Waals surface area contributed by atoms with Crippen LogP contribution < -0.4 is 0 Å². The molecule has 0 fully saturated rings. The molecular formula is C11H20O4. The lowest BCUT2D eigenvalue weighted by atomic mass is 10.1. The Hall–Kier alpha value is -1.06.